The molecular weight excluding hydrogens is 438 g/mol. The van der Waals surface area contributed by atoms with Crippen LogP contribution in [-0.2, 0) is 16.0 Å². The number of nitriles is 1. The van der Waals surface area contributed by atoms with Crippen LogP contribution in [0.2, 0.25) is 0 Å². The molecule has 0 aliphatic carbocycles. The average molecular weight is 460 g/mol. The molecule has 0 aliphatic heterocycles. The molecule has 0 spiro atoms. The first kappa shape index (κ1) is 22.2. The van der Waals surface area contributed by atoms with Crippen LogP contribution in [0.1, 0.15) is 18.1 Å². The fraction of sp³-hybridized carbons (Fsp3) is 0.286. The highest BCUT2D eigenvalue weighted by molar-refractivity contribution is 9.10. The topological polar surface area (TPSA) is 100 Å². The van der Waals surface area contributed by atoms with E-state index in [1.165, 1.54) is 0 Å². The molecule has 0 atom stereocenters. The maximum atomic E-state index is 12.0. The van der Waals surface area contributed by atoms with Crippen molar-refractivity contribution in [2.45, 2.75) is 13.3 Å². The van der Waals surface area contributed by atoms with Crippen molar-refractivity contribution in [2.75, 3.05) is 26.3 Å². The summed E-state index contributed by atoms with van der Waals surface area (Å²) in [4.78, 5) is 23.9. The number of carbonyl (C=O) groups is 2. The van der Waals surface area contributed by atoms with Gasteiger partial charge in [-0.15, -0.1) is 0 Å². The summed E-state index contributed by atoms with van der Waals surface area (Å²) < 4.78 is 11.6. The Hall–Kier alpha value is -3.05. The molecule has 2 amide bonds. The molecule has 2 N–H and O–H groups in total. The van der Waals surface area contributed by atoms with Gasteiger partial charge in [-0.3, -0.25) is 9.59 Å². The van der Waals surface area contributed by atoms with Crippen molar-refractivity contribution < 1.29 is 19.1 Å². The molecule has 0 heterocycles. The lowest BCUT2D eigenvalue weighted by Gasteiger charge is -2.14. The Bertz CT molecular complexity index is 881. The second kappa shape index (κ2) is 11.7. The van der Waals surface area contributed by atoms with Crippen molar-refractivity contribution in [1.82, 2.24) is 10.6 Å². The van der Waals surface area contributed by atoms with E-state index in [0.717, 1.165) is 5.56 Å². The average Bonchev–Trinajstić information content (AvgIpc) is 2.71. The Morgan fingerprint density at radius 3 is 2.41 bits per heavy atom. The van der Waals surface area contributed by atoms with Crippen LogP contribution in [0.15, 0.2) is 46.9 Å². The first-order chi connectivity index (χ1) is 14.0. The van der Waals surface area contributed by atoms with Gasteiger partial charge in [-0.1, -0.05) is 30.3 Å². The lowest BCUT2D eigenvalue weighted by atomic mass is 10.1. The normalized spacial score (nSPS) is 9.97. The minimum atomic E-state index is -0.332. The first-order valence-corrected chi connectivity index (χ1v) is 9.89. The van der Waals surface area contributed by atoms with E-state index < -0.39 is 0 Å². The molecule has 29 heavy (non-hydrogen) atoms. The number of rotatable bonds is 10. The summed E-state index contributed by atoms with van der Waals surface area (Å²) in [5, 5.41) is 14.5. The molecule has 0 fully saturated rings. The van der Waals surface area contributed by atoms with Gasteiger partial charge >= 0.3 is 0 Å². The summed E-state index contributed by atoms with van der Waals surface area (Å²) in [7, 11) is 0. The number of benzene rings is 2. The van der Waals surface area contributed by atoms with E-state index in [2.05, 4.69) is 26.6 Å². The van der Waals surface area contributed by atoms with Crippen molar-refractivity contribution in [3.05, 3.63) is 58.1 Å². The van der Waals surface area contributed by atoms with Gasteiger partial charge in [-0.25, -0.2) is 0 Å². The molecule has 2 rings (SSSR count). The lowest BCUT2D eigenvalue weighted by Crippen LogP contribution is -2.37. The molecule has 2 aromatic rings. The standard InChI is InChI=1S/C21H22BrN3O4/c1-2-28-18-11-16(13-23)10-17(22)21(18)29-14-20(27)25-9-8-24-19(26)12-15-6-4-3-5-7-15/h3-7,10-11H,2,8-9,12,14H2,1H3,(H,24,26)(H,25,27). The van der Waals surface area contributed by atoms with E-state index >= 15 is 0 Å². The number of nitrogens with one attached hydrogen (secondary N) is 2. The molecule has 0 aliphatic rings. The number of hydrogen-bond acceptors (Lipinski definition) is 5. The monoisotopic (exact) mass is 459 g/mol. The number of carbonyl (C=O) groups excluding carboxylic acids is 2. The third kappa shape index (κ3) is 7.47. The predicted molar refractivity (Wildman–Crippen MR) is 112 cm³/mol. The minimum absolute atomic E-state index is 0.107. The maximum Gasteiger partial charge on any atom is 0.258 e. The number of ether oxygens (including phenoxy) is 2. The molecule has 0 radical (unpaired) electrons. The van der Waals surface area contributed by atoms with Crippen molar-refractivity contribution in [3.63, 3.8) is 0 Å². The fourth-order valence-electron chi connectivity index (χ4n) is 2.47. The van der Waals surface area contributed by atoms with E-state index in [1.807, 2.05) is 43.3 Å². The molecule has 0 bridgehead atoms. The third-order valence-corrected chi connectivity index (χ3v) is 4.35. The molecular formula is C21H22BrN3O4. The summed E-state index contributed by atoms with van der Waals surface area (Å²) in [6.07, 6.45) is 0.296. The Morgan fingerprint density at radius 1 is 1.07 bits per heavy atom. The van der Waals surface area contributed by atoms with Crippen LogP contribution >= 0.6 is 15.9 Å². The zero-order chi connectivity index (χ0) is 21.1. The minimum Gasteiger partial charge on any atom is -0.490 e. The van der Waals surface area contributed by atoms with Crippen molar-refractivity contribution in [1.29, 1.82) is 5.26 Å². The highest BCUT2D eigenvalue weighted by atomic mass is 79.9. The van der Waals surface area contributed by atoms with E-state index in [4.69, 9.17) is 14.7 Å². The molecule has 0 unspecified atom stereocenters. The summed E-state index contributed by atoms with van der Waals surface area (Å²) in [6.45, 7) is 2.60. The Kier molecular flexibility index (Phi) is 8.99. The van der Waals surface area contributed by atoms with Crippen LogP contribution < -0.4 is 20.1 Å². The number of halogens is 1. The molecule has 7 nitrogen and oxygen atoms in total. The van der Waals surface area contributed by atoms with Gasteiger partial charge in [0, 0.05) is 19.2 Å². The van der Waals surface area contributed by atoms with Crippen LogP contribution in [0.3, 0.4) is 0 Å². The van der Waals surface area contributed by atoms with Crippen LogP contribution in [0, 0.1) is 11.3 Å². The summed E-state index contributed by atoms with van der Waals surface area (Å²) in [5.74, 6) is 0.308. The lowest BCUT2D eigenvalue weighted by molar-refractivity contribution is -0.124. The van der Waals surface area contributed by atoms with Gasteiger partial charge in [0.1, 0.15) is 0 Å². The zero-order valence-electron chi connectivity index (χ0n) is 16.0. The van der Waals surface area contributed by atoms with Gasteiger partial charge in [0.25, 0.3) is 5.91 Å². The first-order valence-electron chi connectivity index (χ1n) is 9.10. The largest absolute Gasteiger partial charge is 0.490 e. The van der Waals surface area contributed by atoms with Crippen LogP contribution in [0.5, 0.6) is 11.5 Å². The van der Waals surface area contributed by atoms with E-state index in [9.17, 15) is 9.59 Å². The molecule has 152 valence electrons. The van der Waals surface area contributed by atoms with Gasteiger partial charge in [-0.2, -0.15) is 5.26 Å². The smallest absolute Gasteiger partial charge is 0.258 e. The van der Waals surface area contributed by atoms with Gasteiger partial charge in [-0.05, 0) is 34.5 Å². The molecule has 0 saturated heterocycles. The van der Waals surface area contributed by atoms with Crippen LogP contribution in [0.4, 0.5) is 0 Å². The molecule has 8 heteroatoms. The molecule has 2 aromatic carbocycles. The van der Waals surface area contributed by atoms with Gasteiger partial charge in [0.15, 0.2) is 18.1 Å². The fourth-order valence-corrected chi connectivity index (χ4v) is 3.03. The number of hydrogen-bond donors (Lipinski definition) is 2. The van der Waals surface area contributed by atoms with Crippen LogP contribution in [-0.4, -0.2) is 38.1 Å². The van der Waals surface area contributed by atoms with Gasteiger partial charge < -0.3 is 20.1 Å². The highest BCUT2D eigenvalue weighted by Crippen LogP contribution is 2.36. The predicted octanol–water partition coefficient (Wildman–Crippen LogP) is 2.57. The highest BCUT2D eigenvalue weighted by Gasteiger charge is 2.14. The van der Waals surface area contributed by atoms with Crippen molar-refractivity contribution in [2.24, 2.45) is 0 Å². The second-order valence-electron chi connectivity index (χ2n) is 5.98. The number of amides is 2. The summed E-state index contributed by atoms with van der Waals surface area (Å²) >= 11 is 3.33. The summed E-state index contributed by atoms with van der Waals surface area (Å²) in [5.41, 5.74) is 1.35. The molecule has 0 saturated carbocycles. The van der Waals surface area contributed by atoms with Crippen molar-refractivity contribution >= 4 is 27.7 Å². The summed E-state index contributed by atoms with van der Waals surface area (Å²) in [6, 6.07) is 14.6. The van der Waals surface area contributed by atoms with Gasteiger partial charge in [0.05, 0.1) is 29.1 Å². The second-order valence-corrected chi connectivity index (χ2v) is 6.84. The molecule has 0 aromatic heterocycles. The van der Waals surface area contributed by atoms with E-state index in [-0.39, 0.29) is 25.0 Å². The third-order valence-electron chi connectivity index (χ3n) is 3.76. The SMILES string of the molecule is CCOc1cc(C#N)cc(Br)c1OCC(=O)NCCNC(=O)Cc1ccccc1. The van der Waals surface area contributed by atoms with E-state index in [1.54, 1.807) is 12.1 Å². The van der Waals surface area contributed by atoms with Crippen LogP contribution in [0.25, 0.3) is 0 Å². The van der Waals surface area contributed by atoms with Gasteiger partial charge in [0.2, 0.25) is 5.91 Å². The maximum absolute atomic E-state index is 12.0. The Labute approximate surface area is 178 Å². The zero-order valence-corrected chi connectivity index (χ0v) is 17.6. The van der Waals surface area contributed by atoms with E-state index in [0.29, 0.717) is 41.1 Å². The Balaban J connectivity index is 1.75. The quantitative estimate of drug-likeness (QED) is 0.531. The number of nitrogens with zero attached hydrogens (tertiary/aromatic N) is 1. The van der Waals surface area contributed by atoms with Crippen molar-refractivity contribution in [3.8, 4) is 17.6 Å². The Morgan fingerprint density at radius 2 is 1.76 bits per heavy atom.